The van der Waals surface area contributed by atoms with E-state index in [-0.39, 0.29) is 37.4 Å². The largest absolute Gasteiger partial charge is 0.481 e. The van der Waals surface area contributed by atoms with Crippen LogP contribution in [0, 0.1) is 17.8 Å². The number of hydrogen-bond donors (Lipinski definition) is 2. The van der Waals surface area contributed by atoms with Crippen LogP contribution in [0.3, 0.4) is 0 Å². The van der Waals surface area contributed by atoms with Gasteiger partial charge in [0.2, 0.25) is 5.78 Å². The van der Waals surface area contributed by atoms with Crippen LogP contribution in [-0.4, -0.2) is 39.8 Å². The molecule has 4 atom stereocenters. The highest BCUT2D eigenvalue weighted by molar-refractivity contribution is 5.86. The zero-order valence-corrected chi connectivity index (χ0v) is 16.7. The number of Topliss-reactive ketones (excluding diaryl/α,β-unsaturated/α-hetero) is 2. The van der Waals surface area contributed by atoms with Gasteiger partial charge in [-0.2, -0.15) is 8.78 Å². The Hall–Kier alpha value is -1.63. The van der Waals surface area contributed by atoms with Crippen molar-refractivity contribution in [3.05, 3.63) is 12.2 Å². The summed E-state index contributed by atoms with van der Waals surface area (Å²) in [7, 11) is 0. The lowest BCUT2D eigenvalue weighted by Crippen LogP contribution is -2.32. The van der Waals surface area contributed by atoms with Crippen molar-refractivity contribution in [3.63, 3.8) is 0 Å². The molecule has 1 aliphatic carbocycles. The summed E-state index contributed by atoms with van der Waals surface area (Å²) in [5.74, 6) is -6.72. The van der Waals surface area contributed by atoms with Gasteiger partial charge in [-0.15, -0.1) is 0 Å². The maximum Gasteiger partial charge on any atom is 0.305 e. The third kappa shape index (κ3) is 7.78. The topological polar surface area (TPSA) is 91.7 Å². The molecule has 0 radical (unpaired) electrons. The molecular formula is C21H32F2O5. The Bertz CT molecular complexity index is 573. The molecule has 0 spiro atoms. The fraction of sp³-hybridized carbons (Fsp3) is 0.762. The van der Waals surface area contributed by atoms with Gasteiger partial charge in [0, 0.05) is 31.6 Å². The van der Waals surface area contributed by atoms with Crippen molar-refractivity contribution >= 4 is 17.5 Å². The first-order valence-corrected chi connectivity index (χ1v) is 10.1. The highest BCUT2D eigenvalue weighted by Gasteiger charge is 2.43. The number of carboxylic acids is 1. The number of aliphatic hydroxyl groups is 1. The van der Waals surface area contributed by atoms with Crippen LogP contribution in [0.4, 0.5) is 8.78 Å². The van der Waals surface area contributed by atoms with E-state index in [0.29, 0.717) is 25.7 Å². The lowest BCUT2D eigenvalue weighted by Gasteiger charge is -2.22. The van der Waals surface area contributed by atoms with Crippen LogP contribution in [0.25, 0.3) is 0 Å². The number of carboxylic acid groups (broad SMARTS) is 1. The molecule has 160 valence electrons. The molecule has 0 aromatic heterocycles. The number of alkyl halides is 2. The van der Waals surface area contributed by atoms with Gasteiger partial charge in [0.05, 0.1) is 6.10 Å². The Labute approximate surface area is 165 Å². The minimum atomic E-state index is -3.37. The molecule has 0 aromatic rings. The Morgan fingerprint density at radius 3 is 2.57 bits per heavy atom. The van der Waals surface area contributed by atoms with E-state index in [4.69, 9.17) is 5.11 Å². The fourth-order valence-electron chi connectivity index (χ4n) is 3.62. The standard InChI is InChI=1S/C21H32F2O5/c1-3-14(2)13-21(22,23)19(26)11-10-16-15(17(24)12-18(16)25)8-6-4-5-7-9-20(27)28/h4,6,14-16,18,25H,3,5,7-13H2,1-2H3,(H,27,28)/b6-4+/t14?,15-,16?,18-/m1/s1. The van der Waals surface area contributed by atoms with Crippen LogP contribution in [0.1, 0.15) is 71.6 Å². The van der Waals surface area contributed by atoms with Crippen LogP contribution in [-0.2, 0) is 14.4 Å². The van der Waals surface area contributed by atoms with Gasteiger partial charge in [-0.3, -0.25) is 14.4 Å². The number of hydrogen-bond acceptors (Lipinski definition) is 4. The molecule has 1 rings (SSSR count). The average molecular weight is 402 g/mol. The van der Waals surface area contributed by atoms with Gasteiger partial charge in [-0.05, 0) is 37.5 Å². The van der Waals surface area contributed by atoms with E-state index in [9.17, 15) is 28.3 Å². The summed E-state index contributed by atoms with van der Waals surface area (Å²) < 4.78 is 28.1. The van der Waals surface area contributed by atoms with Gasteiger partial charge < -0.3 is 10.2 Å². The summed E-state index contributed by atoms with van der Waals surface area (Å²) in [5, 5.41) is 18.7. The minimum Gasteiger partial charge on any atom is -0.481 e. The number of ketones is 2. The van der Waals surface area contributed by atoms with E-state index in [1.54, 1.807) is 26.0 Å². The minimum absolute atomic E-state index is 0.0142. The first-order valence-electron chi connectivity index (χ1n) is 10.1. The molecular weight excluding hydrogens is 370 g/mol. The molecule has 0 aliphatic heterocycles. The molecule has 28 heavy (non-hydrogen) atoms. The molecule has 5 nitrogen and oxygen atoms in total. The van der Waals surface area contributed by atoms with E-state index in [0.717, 1.165) is 0 Å². The number of aliphatic hydroxyl groups excluding tert-OH is 1. The number of aliphatic carboxylic acids is 1. The summed E-state index contributed by atoms with van der Waals surface area (Å²) >= 11 is 0. The monoisotopic (exact) mass is 402 g/mol. The number of unbranched alkanes of at least 4 members (excludes halogenated alkanes) is 1. The Morgan fingerprint density at radius 2 is 1.96 bits per heavy atom. The molecule has 0 bridgehead atoms. The van der Waals surface area contributed by atoms with Crippen molar-refractivity contribution in [1.29, 1.82) is 0 Å². The second-order valence-corrected chi connectivity index (χ2v) is 7.89. The van der Waals surface area contributed by atoms with Gasteiger partial charge in [-0.25, -0.2) is 0 Å². The number of carbonyl (C=O) groups excluding carboxylic acids is 2. The Morgan fingerprint density at radius 1 is 1.29 bits per heavy atom. The number of halogens is 2. The molecule has 0 amide bonds. The van der Waals surface area contributed by atoms with Crippen molar-refractivity contribution in [1.82, 2.24) is 0 Å². The van der Waals surface area contributed by atoms with Gasteiger partial charge >= 0.3 is 11.9 Å². The molecule has 0 saturated heterocycles. The highest BCUT2D eigenvalue weighted by Crippen LogP contribution is 2.37. The van der Waals surface area contributed by atoms with E-state index >= 15 is 0 Å². The van der Waals surface area contributed by atoms with Crippen LogP contribution in [0.15, 0.2) is 12.2 Å². The number of allylic oxidation sites excluding steroid dienone is 2. The summed E-state index contributed by atoms with van der Waals surface area (Å²) in [6.45, 7) is 3.48. The van der Waals surface area contributed by atoms with Crippen molar-refractivity contribution in [2.45, 2.75) is 83.7 Å². The van der Waals surface area contributed by atoms with Crippen LogP contribution in [0.2, 0.25) is 0 Å². The quantitative estimate of drug-likeness (QED) is 0.356. The van der Waals surface area contributed by atoms with Crippen molar-refractivity contribution in [2.24, 2.45) is 17.8 Å². The van der Waals surface area contributed by atoms with E-state index in [1.807, 2.05) is 0 Å². The molecule has 1 saturated carbocycles. The first kappa shape index (κ1) is 24.4. The molecule has 2 unspecified atom stereocenters. The lowest BCUT2D eigenvalue weighted by molar-refractivity contribution is -0.146. The van der Waals surface area contributed by atoms with Crippen LogP contribution < -0.4 is 0 Å². The van der Waals surface area contributed by atoms with E-state index in [2.05, 4.69) is 0 Å². The van der Waals surface area contributed by atoms with Crippen molar-refractivity contribution in [3.8, 4) is 0 Å². The van der Waals surface area contributed by atoms with Gasteiger partial charge in [0.25, 0.3) is 0 Å². The van der Waals surface area contributed by atoms with Gasteiger partial charge in [-0.1, -0.05) is 32.4 Å². The van der Waals surface area contributed by atoms with Gasteiger partial charge in [0.15, 0.2) is 0 Å². The van der Waals surface area contributed by atoms with E-state index < -0.39 is 42.0 Å². The highest BCUT2D eigenvalue weighted by atomic mass is 19.3. The Balaban J connectivity index is 2.56. The van der Waals surface area contributed by atoms with Crippen molar-refractivity contribution in [2.75, 3.05) is 0 Å². The molecule has 1 fully saturated rings. The zero-order valence-electron chi connectivity index (χ0n) is 16.7. The van der Waals surface area contributed by atoms with Crippen LogP contribution in [0.5, 0.6) is 0 Å². The summed E-state index contributed by atoms with van der Waals surface area (Å²) in [6, 6.07) is 0. The second-order valence-electron chi connectivity index (χ2n) is 7.89. The third-order valence-corrected chi connectivity index (χ3v) is 5.57. The second kappa shape index (κ2) is 11.4. The van der Waals surface area contributed by atoms with E-state index in [1.165, 1.54) is 0 Å². The maximum absolute atomic E-state index is 14.0. The third-order valence-electron chi connectivity index (χ3n) is 5.57. The summed E-state index contributed by atoms with van der Waals surface area (Å²) in [4.78, 5) is 34.6. The smallest absolute Gasteiger partial charge is 0.305 e. The molecule has 2 N–H and O–H groups in total. The van der Waals surface area contributed by atoms with Gasteiger partial charge in [0.1, 0.15) is 5.78 Å². The SMILES string of the molecule is CCC(C)CC(F)(F)C(=O)CCC1[C@H](O)CC(=O)[C@@H]1C/C=C/CCCC(=O)O. The maximum atomic E-state index is 14.0. The van der Waals surface area contributed by atoms with Crippen molar-refractivity contribution < 1.29 is 33.4 Å². The predicted molar refractivity (Wildman–Crippen MR) is 101 cm³/mol. The predicted octanol–water partition coefficient (Wildman–Crippen LogP) is 4.17. The first-order chi connectivity index (χ1) is 13.1. The molecule has 1 aliphatic rings. The fourth-order valence-corrected chi connectivity index (χ4v) is 3.62. The normalized spacial score (nSPS) is 24.0. The number of carbonyl (C=O) groups is 3. The molecule has 0 aromatic carbocycles. The number of rotatable bonds is 13. The lowest BCUT2D eigenvalue weighted by atomic mass is 9.85. The molecule has 0 heterocycles. The summed E-state index contributed by atoms with van der Waals surface area (Å²) in [5.41, 5.74) is 0. The molecule has 7 heteroatoms. The summed E-state index contributed by atoms with van der Waals surface area (Å²) in [6.07, 6.45) is 3.96. The zero-order chi connectivity index (χ0) is 21.3. The van der Waals surface area contributed by atoms with Crippen LogP contribution >= 0.6 is 0 Å². The average Bonchev–Trinajstić information content (AvgIpc) is 2.87. The Kier molecular flexibility index (Phi) is 9.93.